The van der Waals surface area contributed by atoms with Crippen molar-refractivity contribution in [2.24, 2.45) is 0 Å². The zero-order valence-electron chi connectivity index (χ0n) is 9.62. The van der Waals surface area contributed by atoms with Crippen molar-refractivity contribution in [1.82, 2.24) is 0 Å². The van der Waals surface area contributed by atoms with Crippen LogP contribution in [0.25, 0.3) is 0 Å². The molecule has 0 saturated carbocycles. The largest absolute Gasteiger partial charge is 0.254 e. The second-order valence-corrected chi connectivity index (χ2v) is 5.50. The monoisotopic (exact) mass is 222 g/mol. The first-order chi connectivity index (χ1) is 7.09. The maximum absolute atomic E-state index is 11.8. The molecule has 0 radical (unpaired) electrons. The van der Waals surface area contributed by atoms with Gasteiger partial charge in [0, 0.05) is 10.6 Å². The fourth-order valence-corrected chi connectivity index (χ4v) is 2.27. The molecule has 0 aromatic heterocycles. The summed E-state index contributed by atoms with van der Waals surface area (Å²) in [5.41, 5.74) is 2.50. The summed E-state index contributed by atoms with van der Waals surface area (Å²) in [6.45, 7) is 6.17. The Morgan fingerprint density at radius 1 is 1.27 bits per heavy atom. The normalized spacial score (nSPS) is 12.2. The van der Waals surface area contributed by atoms with E-state index in [0.29, 0.717) is 5.75 Å². The highest BCUT2D eigenvalue weighted by atomic mass is 32.2. The topological polar surface area (TPSA) is 17.1 Å². The van der Waals surface area contributed by atoms with E-state index in [9.17, 15) is 4.21 Å². The molecule has 0 aliphatic heterocycles. The van der Waals surface area contributed by atoms with Crippen LogP contribution in [0.2, 0.25) is 0 Å². The SMILES string of the molecule is CC(C)=CCCS(=O)c1ccc(C)cc1. The van der Waals surface area contributed by atoms with E-state index < -0.39 is 10.8 Å². The van der Waals surface area contributed by atoms with Crippen molar-refractivity contribution in [2.45, 2.75) is 32.1 Å². The number of hydrogen-bond donors (Lipinski definition) is 0. The minimum atomic E-state index is -0.853. The van der Waals surface area contributed by atoms with Crippen LogP contribution in [0, 0.1) is 6.92 Å². The second-order valence-electron chi connectivity index (χ2n) is 3.93. The lowest BCUT2D eigenvalue weighted by Crippen LogP contribution is -1.97. The van der Waals surface area contributed by atoms with E-state index in [1.807, 2.05) is 31.2 Å². The summed E-state index contributed by atoms with van der Waals surface area (Å²) in [6.07, 6.45) is 3.02. The molecule has 1 atom stereocenters. The van der Waals surface area contributed by atoms with Gasteiger partial charge in [-0.1, -0.05) is 29.3 Å². The third kappa shape index (κ3) is 4.43. The van der Waals surface area contributed by atoms with Gasteiger partial charge < -0.3 is 0 Å². The van der Waals surface area contributed by atoms with Gasteiger partial charge in [0.05, 0.1) is 10.8 Å². The minimum Gasteiger partial charge on any atom is -0.254 e. The average Bonchev–Trinajstić information content (AvgIpc) is 2.18. The molecule has 1 aromatic rings. The predicted octanol–water partition coefficient (Wildman–Crippen LogP) is 3.46. The molecule has 0 heterocycles. The fraction of sp³-hybridized carbons (Fsp3) is 0.385. The van der Waals surface area contributed by atoms with Crippen LogP contribution in [0.4, 0.5) is 0 Å². The number of allylic oxidation sites excluding steroid dienone is 2. The Balaban J connectivity index is 2.54. The quantitative estimate of drug-likeness (QED) is 0.713. The molecule has 1 nitrogen and oxygen atoms in total. The van der Waals surface area contributed by atoms with Gasteiger partial charge in [0.25, 0.3) is 0 Å². The van der Waals surface area contributed by atoms with E-state index in [2.05, 4.69) is 19.9 Å². The molecule has 0 amide bonds. The van der Waals surface area contributed by atoms with Crippen molar-refractivity contribution in [2.75, 3.05) is 5.75 Å². The van der Waals surface area contributed by atoms with Crippen LogP contribution in [0.5, 0.6) is 0 Å². The van der Waals surface area contributed by atoms with Crippen molar-refractivity contribution in [3.63, 3.8) is 0 Å². The molecular formula is C13H18OS. The lowest BCUT2D eigenvalue weighted by atomic mass is 10.2. The van der Waals surface area contributed by atoms with Gasteiger partial charge in [0.1, 0.15) is 0 Å². The third-order valence-electron chi connectivity index (χ3n) is 2.14. The summed E-state index contributed by atoms with van der Waals surface area (Å²) in [7, 11) is -0.853. The zero-order chi connectivity index (χ0) is 11.3. The van der Waals surface area contributed by atoms with E-state index in [0.717, 1.165) is 11.3 Å². The molecule has 2 heteroatoms. The first-order valence-electron chi connectivity index (χ1n) is 5.18. The van der Waals surface area contributed by atoms with Crippen molar-refractivity contribution >= 4 is 10.8 Å². The first kappa shape index (κ1) is 12.2. The van der Waals surface area contributed by atoms with Gasteiger partial charge in [-0.15, -0.1) is 0 Å². The highest BCUT2D eigenvalue weighted by Gasteiger charge is 2.01. The van der Waals surface area contributed by atoms with Crippen molar-refractivity contribution in [3.8, 4) is 0 Å². The van der Waals surface area contributed by atoms with Crippen LogP contribution in [0.15, 0.2) is 40.8 Å². The van der Waals surface area contributed by atoms with E-state index in [4.69, 9.17) is 0 Å². The standard InChI is InChI=1S/C13H18OS/c1-11(2)5-4-10-15(14)13-8-6-12(3)7-9-13/h5-9H,4,10H2,1-3H3. The van der Waals surface area contributed by atoms with Gasteiger partial charge in [-0.25, -0.2) is 0 Å². The second kappa shape index (κ2) is 5.86. The summed E-state index contributed by atoms with van der Waals surface area (Å²) < 4.78 is 11.8. The Labute approximate surface area is 94.7 Å². The Bertz CT molecular complexity index is 359. The van der Waals surface area contributed by atoms with Gasteiger partial charge in [0.15, 0.2) is 0 Å². The molecule has 1 aromatic carbocycles. The van der Waals surface area contributed by atoms with Gasteiger partial charge in [-0.05, 0) is 39.3 Å². The van der Waals surface area contributed by atoms with Crippen molar-refractivity contribution in [1.29, 1.82) is 0 Å². The van der Waals surface area contributed by atoms with Gasteiger partial charge >= 0.3 is 0 Å². The van der Waals surface area contributed by atoms with E-state index >= 15 is 0 Å². The molecule has 0 fully saturated rings. The lowest BCUT2D eigenvalue weighted by Gasteiger charge is -2.01. The lowest BCUT2D eigenvalue weighted by molar-refractivity contribution is 0.682. The molecule has 15 heavy (non-hydrogen) atoms. The van der Waals surface area contributed by atoms with Crippen LogP contribution < -0.4 is 0 Å². The maximum Gasteiger partial charge on any atom is 0.0532 e. The number of benzene rings is 1. The van der Waals surface area contributed by atoms with E-state index in [1.54, 1.807) is 0 Å². The smallest absolute Gasteiger partial charge is 0.0532 e. The third-order valence-corrected chi connectivity index (χ3v) is 3.54. The summed E-state index contributed by atoms with van der Waals surface area (Å²) in [5, 5.41) is 0. The molecule has 0 aliphatic rings. The minimum absolute atomic E-state index is 0.717. The summed E-state index contributed by atoms with van der Waals surface area (Å²) in [5.74, 6) is 0.717. The first-order valence-corrected chi connectivity index (χ1v) is 6.50. The van der Waals surface area contributed by atoms with Crippen LogP contribution in [-0.4, -0.2) is 9.96 Å². The fourth-order valence-electron chi connectivity index (χ4n) is 1.26. The van der Waals surface area contributed by atoms with E-state index in [1.165, 1.54) is 11.1 Å². The Morgan fingerprint density at radius 3 is 2.40 bits per heavy atom. The summed E-state index contributed by atoms with van der Waals surface area (Å²) >= 11 is 0. The Kier molecular flexibility index (Phi) is 4.76. The zero-order valence-corrected chi connectivity index (χ0v) is 10.4. The number of rotatable bonds is 4. The summed E-state index contributed by atoms with van der Waals surface area (Å²) in [6, 6.07) is 7.92. The number of aryl methyl sites for hydroxylation is 1. The maximum atomic E-state index is 11.8. The average molecular weight is 222 g/mol. The van der Waals surface area contributed by atoms with Crippen LogP contribution in [0.3, 0.4) is 0 Å². The molecule has 1 rings (SSSR count). The van der Waals surface area contributed by atoms with Crippen LogP contribution >= 0.6 is 0 Å². The molecule has 0 bridgehead atoms. The molecule has 0 aliphatic carbocycles. The highest BCUT2D eigenvalue weighted by Crippen LogP contribution is 2.09. The predicted molar refractivity (Wildman–Crippen MR) is 66.5 cm³/mol. The highest BCUT2D eigenvalue weighted by molar-refractivity contribution is 7.85. The van der Waals surface area contributed by atoms with Gasteiger partial charge in [0.2, 0.25) is 0 Å². The molecule has 82 valence electrons. The molecular weight excluding hydrogens is 204 g/mol. The van der Waals surface area contributed by atoms with Crippen LogP contribution in [-0.2, 0) is 10.8 Å². The molecule has 0 N–H and O–H groups in total. The van der Waals surface area contributed by atoms with E-state index in [-0.39, 0.29) is 0 Å². The molecule has 0 spiro atoms. The molecule has 1 unspecified atom stereocenters. The number of hydrogen-bond acceptors (Lipinski definition) is 1. The van der Waals surface area contributed by atoms with Crippen molar-refractivity contribution < 1.29 is 4.21 Å². The molecule has 0 saturated heterocycles. The summed E-state index contributed by atoms with van der Waals surface area (Å²) in [4.78, 5) is 0.933. The van der Waals surface area contributed by atoms with Gasteiger partial charge in [-0.3, -0.25) is 4.21 Å². The Hall–Kier alpha value is -0.890. The van der Waals surface area contributed by atoms with Crippen molar-refractivity contribution in [3.05, 3.63) is 41.5 Å². The van der Waals surface area contributed by atoms with Crippen LogP contribution in [0.1, 0.15) is 25.8 Å². The Morgan fingerprint density at radius 2 is 1.87 bits per heavy atom. The van der Waals surface area contributed by atoms with Gasteiger partial charge in [-0.2, -0.15) is 0 Å².